The van der Waals surface area contributed by atoms with Crippen molar-refractivity contribution >= 4 is 6.03 Å². The first-order valence-electron chi connectivity index (χ1n) is 8.31. The van der Waals surface area contributed by atoms with E-state index in [1.54, 1.807) is 17.1 Å². The molecule has 0 aromatic carbocycles. The van der Waals surface area contributed by atoms with Gasteiger partial charge in [-0.1, -0.05) is 31.7 Å². The third kappa shape index (κ3) is 4.31. The molecule has 6 heteroatoms. The molecule has 0 aliphatic heterocycles. The number of urea groups is 1. The highest BCUT2D eigenvalue weighted by molar-refractivity contribution is 5.74. The van der Waals surface area contributed by atoms with Gasteiger partial charge >= 0.3 is 6.03 Å². The van der Waals surface area contributed by atoms with Gasteiger partial charge in [0, 0.05) is 36.7 Å². The summed E-state index contributed by atoms with van der Waals surface area (Å²) in [6, 6.07) is 5.87. The van der Waals surface area contributed by atoms with E-state index >= 15 is 0 Å². The van der Waals surface area contributed by atoms with Crippen molar-refractivity contribution < 1.29 is 4.79 Å². The van der Waals surface area contributed by atoms with Gasteiger partial charge in [-0.05, 0) is 25.0 Å². The van der Waals surface area contributed by atoms with Gasteiger partial charge in [-0.2, -0.15) is 5.10 Å². The van der Waals surface area contributed by atoms with E-state index in [2.05, 4.69) is 20.7 Å². The van der Waals surface area contributed by atoms with Crippen LogP contribution in [0.3, 0.4) is 0 Å². The van der Waals surface area contributed by atoms with Crippen molar-refractivity contribution in [2.24, 2.45) is 0 Å². The number of amides is 2. The minimum Gasteiger partial charge on any atom is -0.335 e. The Morgan fingerprint density at radius 1 is 1.17 bits per heavy atom. The SMILES string of the molecule is O=C(NCc1cccnc1-n1cccn1)NC1CCCCCC1. The molecule has 3 rings (SSSR count). The van der Waals surface area contributed by atoms with E-state index in [9.17, 15) is 4.79 Å². The number of pyridine rings is 1. The number of carbonyl (C=O) groups is 1. The number of rotatable bonds is 4. The van der Waals surface area contributed by atoms with Gasteiger partial charge in [-0.3, -0.25) is 0 Å². The highest BCUT2D eigenvalue weighted by Crippen LogP contribution is 2.17. The molecule has 1 aliphatic rings. The van der Waals surface area contributed by atoms with E-state index in [-0.39, 0.29) is 6.03 Å². The second kappa shape index (κ2) is 7.76. The maximum Gasteiger partial charge on any atom is 0.315 e. The molecule has 2 heterocycles. The summed E-state index contributed by atoms with van der Waals surface area (Å²) < 4.78 is 1.71. The van der Waals surface area contributed by atoms with Gasteiger partial charge in [0.15, 0.2) is 5.82 Å². The van der Waals surface area contributed by atoms with Crippen molar-refractivity contribution in [3.05, 3.63) is 42.4 Å². The zero-order chi connectivity index (χ0) is 15.9. The Bertz CT molecular complexity index is 618. The maximum atomic E-state index is 12.1. The van der Waals surface area contributed by atoms with E-state index in [0.717, 1.165) is 24.2 Å². The molecule has 0 spiro atoms. The lowest BCUT2D eigenvalue weighted by Gasteiger charge is -2.17. The molecule has 1 aliphatic carbocycles. The van der Waals surface area contributed by atoms with Crippen LogP contribution in [0, 0.1) is 0 Å². The Balaban J connectivity index is 1.57. The summed E-state index contributed by atoms with van der Waals surface area (Å²) in [5.41, 5.74) is 0.937. The van der Waals surface area contributed by atoms with Gasteiger partial charge in [0.05, 0.1) is 0 Å². The number of aromatic nitrogens is 3. The molecule has 0 atom stereocenters. The fourth-order valence-corrected chi connectivity index (χ4v) is 3.00. The molecule has 0 radical (unpaired) electrons. The highest BCUT2D eigenvalue weighted by Gasteiger charge is 2.15. The quantitative estimate of drug-likeness (QED) is 0.853. The molecule has 6 nitrogen and oxygen atoms in total. The minimum absolute atomic E-state index is 0.104. The van der Waals surface area contributed by atoms with Gasteiger partial charge in [-0.15, -0.1) is 0 Å². The zero-order valence-corrected chi connectivity index (χ0v) is 13.2. The molecule has 0 bridgehead atoms. The van der Waals surface area contributed by atoms with Gasteiger partial charge in [0.2, 0.25) is 0 Å². The number of hydrogen-bond donors (Lipinski definition) is 2. The average Bonchev–Trinajstić information content (AvgIpc) is 2.99. The maximum absolute atomic E-state index is 12.1. The van der Waals surface area contributed by atoms with Crippen LogP contribution in [-0.2, 0) is 6.54 Å². The molecule has 0 saturated heterocycles. The normalized spacial score (nSPS) is 15.8. The summed E-state index contributed by atoms with van der Waals surface area (Å²) in [5, 5.41) is 10.2. The van der Waals surface area contributed by atoms with Crippen molar-refractivity contribution in [2.45, 2.75) is 51.1 Å². The summed E-state index contributed by atoms with van der Waals surface area (Å²) in [7, 11) is 0. The van der Waals surface area contributed by atoms with Crippen LogP contribution in [0.2, 0.25) is 0 Å². The second-order valence-electron chi connectivity index (χ2n) is 5.95. The summed E-state index contributed by atoms with van der Waals surface area (Å²) in [4.78, 5) is 16.5. The third-order valence-corrected chi connectivity index (χ3v) is 4.22. The molecule has 0 unspecified atom stereocenters. The van der Waals surface area contributed by atoms with E-state index in [4.69, 9.17) is 0 Å². The van der Waals surface area contributed by atoms with E-state index in [0.29, 0.717) is 12.6 Å². The lowest BCUT2D eigenvalue weighted by molar-refractivity contribution is 0.235. The van der Waals surface area contributed by atoms with Crippen molar-refractivity contribution in [3.63, 3.8) is 0 Å². The number of carbonyl (C=O) groups excluding carboxylic acids is 1. The van der Waals surface area contributed by atoms with Crippen LogP contribution >= 0.6 is 0 Å². The van der Waals surface area contributed by atoms with Crippen LogP contribution < -0.4 is 10.6 Å². The predicted molar refractivity (Wildman–Crippen MR) is 88.2 cm³/mol. The first-order valence-corrected chi connectivity index (χ1v) is 8.31. The molecule has 2 aromatic rings. The Morgan fingerprint density at radius 2 is 2.00 bits per heavy atom. The molecule has 2 N–H and O–H groups in total. The van der Waals surface area contributed by atoms with Crippen molar-refractivity contribution in [1.82, 2.24) is 25.4 Å². The Hall–Kier alpha value is -2.37. The van der Waals surface area contributed by atoms with Crippen LogP contribution in [0.1, 0.15) is 44.1 Å². The lowest BCUT2D eigenvalue weighted by Crippen LogP contribution is -2.41. The molecule has 2 aromatic heterocycles. The smallest absolute Gasteiger partial charge is 0.315 e. The average molecular weight is 313 g/mol. The Kier molecular flexibility index (Phi) is 5.24. The largest absolute Gasteiger partial charge is 0.335 e. The summed E-state index contributed by atoms with van der Waals surface area (Å²) >= 11 is 0. The van der Waals surface area contributed by atoms with Crippen LogP contribution in [0.15, 0.2) is 36.8 Å². The van der Waals surface area contributed by atoms with E-state index < -0.39 is 0 Å². The predicted octanol–water partition coefficient (Wildman–Crippen LogP) is 2.79. The lowest BCUT2D eigenvalue weighted by atomic mass is 10.1. The zero-order valence-electron chi connectivity index (χ0n) is 13.2. The van der Waals surface area contributed by atoms with Crippen LogP contribution in [0.4, 0.5) is 4.79 Å². The molecular weight excluding hydrogens is 290 g/mol. The first kappa shape index (κ1) is 15.5. The van der Waals surface area contributed by atoms with Gasteiger partial charge < -0.3 is 10.6 Å². The first-order chi connectivity index (χ1) is 11.3. The van der Waals surface area contributed by atoms with Crippen LogP contribution in [0.25, 0.3) is 5.82 Å². The molecular formula is C17H23N5O. The summed E-state index contributed by atoms with van der Waals surface area (Å²) in [6.45, 7) is 0.432. The Morgan fingerprint density at radius 3 is 2.74 bits per heavy atom. The minimum atomic E-state index is -0.104. The molecule has 2 amide bonds. The topological polar surface area (TPSA) is 71.8 Å². The molecule has 23 heavy (non-hydrogen) atoms. The van der Waals surface area contributed by atoms with Crippen LogP contribution in [-0.4, -0.2) is 26.8 Å². The van der Waals surface area contributed by atoms with E-state index in [1.807, 2.05) is 24.4 Å². The second-order valence-corrected chi connectivity index (χ2v) is 5.95. The monoisotopic (exact) mass is 313 g/mol. The molecule has 1 fully saturated rings. The molecule has 122 valence electrons. The highest BCUT2D eigenvalue weighted by atomic mass is 16.2. The Labute approximate surface area is 136 Å². The van der Waals surface area contributed by atoms with Gasteiger partial charge in [0.1, 0.15) is 0 Å². The van der Waals surface area contributed by atoms with Gasteiger partial charge in [0.25, 0.3) is 0 Å². The number of nitrogens with one attached hydrogen (secondary N) is 2. The van der Waals surface area contributed by atoms with E-state index in [1.165, 1.54) is 25.7 Å². The van der Waals surface area contributed by atoms with Crippen molar-refractivity contribution in [1.29, 1.82) is 0 Å². The number of nitrogens with zero attached hydrogens (tertiary/aromatic N) is 3. The summed E-state index contributed by atoms with van der Waals surface area (Å²) in [5.74, 6) is 0.743. The van der Waals surface area contributed by atoms with Crippen molar-refractivity contribution in [3.8, 4) is 5.82 Å². The summed E-state index contributed by atoms with van der Waals surface area (Å²) in [6.07, 6.45) is 12.4. The van der Waals surface area contributed by atoms with Crippen LogP contribution in [0.5, 0.6) is 0 Å². The van der Waals surface area contributed by atoms with Crippen molar-refractivity contribution in [2.75, 3.05) is 0 Å². The van der Waals surface area contributed by atoms with Gasteiger partial charge in [-0.25, -0.2) is 14.5 Å². The fraction of sp³-hybridized carbons (Fsp3) is 0.471. The fourth-order valence-electron chi connectivity index (χ4n) is 3.00. The molecule has 1 saturated carbocycles. The number of hydrogen-bond acceptors (Lipinski definition) is 3. The standard InChI is InChI=1S/C17H23N5O/c23-17(21-15-8-3-1-2-4-9-15)19-13-14-7-5-10-18-16(14)22-12-6-11-20-22/h5-7,10-12,15H,1-4,8-9,13H2,(H2,19,21,23). The third-order valence-electron chi connectivity index (χ3n) is 4.22.